The SMILES string of the molecule is COCC1CCN(c2csc(C(=O)O)c2)C1. The van der Waals surface area contributed by atoms with Gasteiger partial charge in [0, 0.05) is 37.2 Å². The fourth-order valence-electron chi connectivity index (χ4n) is 2.04. The molecular weight excluding hydrogens is 226 g/mol. The molecule has 2 rings (SSSR count). The molecule has 1 aliphatic rings. The van der Waals surface area contributed by atoms with Gasteiger partial charge in [-0.2, -0.15) is 0 Å². The van der Waals surface area contributed by atoms with Gasteiger partial charge in [0.2, 0.25) is 0 Å². The lowest BCUT2D eigenvalue weighted by atomic mass is 10.1. The number of rotatable bonds is 4. The van der Waals surface area contributed by atoms with Gasteiger partial charge in [-0.05, 0) is 12.5 Å². The molecule has 1 aromatic rings. The Morgan fingerprint density at radius 2 is 2.56 bits per heavy atom. The minimum atomic E-state index is -0.844. The quantitative estimate of drug-likeness (QED) is 0.875. The Morgan fingerprint density at radius 1 is 1.75 bits per heavy atom. The first kappa shape index (κ1) is 11.4. The molecular formula is C11H15NO3S. The first-order valence-corrected chi connectivity index (χ1v) is 6.14. The zero-order chi connectivity index (χ0) is 11.5. The van der Waals surface area contributed by atoms with Crippen LogP contribution >= 0.6 is 11.3 Å². The largest absolute Gasteiger partial charge is 0.477 e. The van der Waals surface area contributed by atoms with Gasteiger partial charge in [0.1, 0.15) is 4.88 Å². The number of hydrogen-bond donors (Lipinski definition) is 1. The van der Waals surface area contributed by atoms with Crippen LogP contribution < -0.4 is 4.90 Å². The minimum Gasteiger partial charge on any atom is -0.477 e. The van der Waals surface area contributed by atoms with Crippen LogP contribution in [0.5, 0.6) is 0 Å². The van der Waals surface area contributed by atoms with Gasteiger partial charge in [-0.15, -0.1) is 11.3 Å². The van der Waals surface area contributed by atoms with E-state index in [1.807, 2.05) is 5.38 Å². The standard InChI is InChI=1S/C11H15NO3S/c1-15-6-8-2-3-12(5-8)9-4-10(11(13)14)16-7-9/h4,7-8H,2-3,5-6H2,1H3,(H,13,14). The number of carboxylic acids is 1. The normalized spacial score (nSPS) is 20.3. The van der Waals surface area contributed by atoms with Gasteiger partial charge >= 0.3 is 5.97 Å². The Hall–Kier alpha value is -1.07. The number of anilines is 1. The zero-order valence-corrected chi connectivity index (χ0v) is 10.00. The lowest BCUT2D eigenvalue weighted by Crippen LogP contribution is -2.20. The Morgan fingerprint density at radius 3 is 3.19 bits per heavy atom. The maximum atomic E-state index is 10.8. The van der Waals surface area contributed by atoms with Crippen molar-refractivity contribution in [2.75, 3.05) is 31.7 Å². The summed E-state index contributed by atoms with van der Waals surface area (Å²) < 4.78 is 5.14. The first-order valence-electron chi connectivity index (χ1n) is 5.26. The van der Waals surface area contributed by atoms with Crippen molar-refractivity contribution in [2.24, 2.45) is 5.92 Å². The molecule has 88 valence electrons. The van der Waals surface area contributed by atoms with E-state index in [1.165, 1.54) is 11.3 Å². The van der Waals surface area contributed by atoms with Crippen molar-refractivity contribution in [2.45, 2.75) is 6.42 Å². The van der Waals surface area contributed by atoms with Crippen LogP contribution in [0.15, 0.2) is 11.4 Å². The van der Waals surface area contributed by atoms with Crippen molar-refractivity contribution >= 4 is 23.0 Å². The van der Waals surface area contributed by atoms with Crippen molar-refractivity contribution in [3.8, 4) is 0 Å². The van der Waals surface area contributed by atoms with Crippen LogP contribution in [0.3, 0.4) is 0 Å². The summed E-state index contributed by atoms with van der Waals surface area (Å²) in [5.74, 6) is -0.276. The van der Waals surface area contributed by atoms with E-state index in [0.29, 0.717) is 10.8 Å². The Balaban J connectivity index is 2.00. The van der Waals surface area contributed by atoms with Crippen molar-refractivity contribution in [1.82, 2.24) is 0 Å². The van der Waals surface area contributed by atoms with Crippen LogP contribution in [-0.2, 0) is 4.74 Å². The number of methoxy groups -OCH3 is 1. The molecule has 0 aromatic carbocycles. The van der Waals surface area contributed by atoms with Gasteiger partial charge in [-0.3, -0.25) is 0 Å². The summed E-state index contributed by atoms with van der Waals surface area (Å²) in [4.78, 5) is 13.4. The summed E-state index contributed by atoms with van der Waals surface area (Å²) in [6, 6.07) is 1.75. The van der Waals surface area contributed by atoms with Crippen molar-refractivity contribution in [1.29, 1.82) is 0 Å². The fourth-order valence-corrected chi connectivity index (χ4v) is 2.80. The summed E-state index contributed by atoms with van der Waals surface area (Å²) >= 11 is 1.29. The average Bonchev–Trinajstić information content (AvgIpc) is 2.84. The summed E-state index contributed by atoms with van der Waals surface area (Å²) in [6.07, 6.45) is 1.12. The molecule has 1 N–H and O–H groups in total. The van der Waals surface area contributed by atoms with Crippen LogP contribution in [0.4, 0.5) is 5.69 Å². The fraction of sp³-hybridized carbons (Fsp3) is 0.545. The van der Waals surface area contributed by atoms with E-state index in [-0.39, 0.29) is 0 Å². The number of carboxylic acid groups (broad SMARTS) is 1. The van der Waals surface area contributed by atoms with Crippen molar-refractivity contribution in [3.63, 3.8) is 0 Å². The van der Waals surface area contributed by atoms with Crippen LogP contribution in [0, 0.1) is 5.92 Å². The van der Waals surface area contributed by atoms with Crippen LogP contribution in [0.2, 0.25) is 0 Å². The smallest absolute Gasteiger partial charge is 0.345 e. The van der Waals surface area contributed by atoms with E-state index in [4.69, 9.17) is 9.84 Å². The molecule has 0 aliphatic carbocycles. The highest BCUT2D eigenvalue weighted by Crippen LogP contribution is 2.28. The number of ether oxygens (including phenoxy) is 1. The average molecular weight is 241 g/mol. The van der Waals surface area contributed by atoms with E-state index in [9.17, 15) is 4.79 Å². The molecule has 1 fully saturated rings. The third-order valence-corrected chi connectivity index (χ3v) is 3.76. The van der Waals surface area contributed by atoms with Crippen molar-refractivity contribution < 1.29 is 14.6 Å². The molecule has 0 bridgehead atoms. The second-order valence-corrected chi connectivity index (χ2v) is 4.94. The molecule has 1 saturated heterocycles. The second kappa shape index (κ2) is 4.84. The number of aromatic carboxylic acids is 1. The molecule has 4 nitrogen and oxygen atoms in total. The van der Waals surface area contributed by atoms with Gasteiger partial charge in [0.05, 0.1) is 6.61 Å². The summed E-state index contributed by atoms with van der Waals surface area (Å²) in [5.41, 5.74) is 1.03. The van der Waals surface area contributed by atoms with E-state index >= 15 is 0 Å². The summed E-state index contributed by atoms with van der Waals surface area (Å²) in [5, 5.41) is 10.8. The molecule has 1 aliphatic heterocycles. The molecule has 2 heterocycles. The van der Waals surface area contributed by atoms with E-state index in [1.54, 1.807) is 13.2 Å². The van der Waals surface area contributed by atoms with Gasteiger partial charge in [-0.1, -0.05) is 0 Å². The molecule has 1 aromatic heterocycles. The molecule has 16 heavy (non-hydrogen) atoms. The lowest BCUT2D eigenvalue weighted by molar-refractivity contribution is 0.0702. The minimum absolute atomic E-state index is 0.408. The lowest BCUT2D eigenvalue weighted by Gasteiger charge is -2.16. The highest BCUT2D eigenvalue weighted by Gasteiger charge is 2.23. The Labute approximate surface area is 98.4 Å². The molecule has 1 atom stereocenters. The van der Waals surface area contributed by atoms with Crippen molar-refractivity contribution in [3.05, 3.63) is 16.3 Å². The van der Waals surface area contributed by atoms with Gasteiger partial charge < -0.3 is 14.7 Å². The number of carbonyl (C=O) groups is 1. The monoisotopic (exact) mass is 241 g/mol. The van der Waals surface area contributed by atoms with Gasteiger partial charge in [0.25, 0.3) is 0 Å². The van der Waals surface area contributed by atoms with Crippen LogP contribution in [-0.4, -0.2) is 37.9 Å². The highest BCUT2D eigenvalue weighted by molar-refractivity contribution is 7.12. The molecule has 0 radical (unpaired) electrons. The Bertz CT molecular complexity index is 377. The summed E-state index contributed by atoms with van der Waals surface area (Å²) in [6.45, 7) is 2.74. The third kappa shape index (κ3) is 2.36. The van der Waals surface area contributed by atoms with Crippen LogP contribution in [0.25, 0.3) is 0 Å². The maximum absolute atomic E-state index is 10.8. The van der Waals surface area contributed by atoms with Crippen LogP contribution in [0.1, 0.15) is 16.1 Å². The molecule has 5 heteroatoms. The van der Waals surface area contributed by atoms with E-state index in [0.717, 1.165) is 31.8 Å². The molecule has 0 amide bonds. The predicted molar refractivity (Wildman–Crippen MR) is 63.5 cm³/mol. The number of nitrogens with zero attached hydrogens (tertiary/aromatic N) is 1. The predicted octanol–water partition coefficient (Wildman–Crippen LogP) is 1.92. The van der Waals surface area contributed by atoms with Gasteiger partial charge in [-0.25, -0.2) is 4.79 Å². The van der Waals surface area contributed by atoms with Gasteiger partial charge in [0.15, 0.2) is 0 Å². The summed E-state index contributed by atoms with van der Waals surface area (Å²) in [7, 11) is 1.72. The first-order chi connectivity index (χ1) is 7.70. The number of hydrogen-bond acceptors (Lipinski definition) is 4. The highest BCUT2D eigenvalue weighted by atomic mass is 32.1. The maximum Gasteiger partial charge on any atom is 0.345 e. The molecule has 0 saturated carbocycles. The van der Waals surface area contributed by atoms with E-state index in [2.05, 4.69) is 4.90 Å². The Kier molecular flexibility index (Phi) is 3.46. The molecule has 1 unspecified atom stereocenters. The topological polar surface area (TPSA) is 49.8 Å². The van der Waals surface area contributed by atoms with E-state index < -0.39 is 5.97 Å². The zero-order valence-electron chi connectivity index (χ0n) is 9.18. The number of thiophene rings is 1. The second-order valence-electron chi connectivity index (χ2n) is 4.03. The molecule has 0 spiro atoms. The third-order valence-electron chi connectivity index (χ3n) is 2.85.